The molecule has 0 saturated heterocycles. The van der Waals surface area contributed by atoms with E-state index >= 15 is 0 Å². The molecule has 0 heterocycles. The fraction of sp³-hybridized carbons (Fsp3) is 0.571. The van der Waals surface area contributed by atoms with Crippen molar-refractivity contribution in [2.45, 2.75) is 31.9 Å². The number of hydrogen-bond donors (Lipinski definition) is 1. The van der Waals surface area contributed by atoms with E-state index in [0.29, 0.717) is 17.7 Å². The number of benzene rings is 1. The van der Waals surface area contributed by atoms with Gasteiger partial charge in [0.15, 0.2) is 0 Å². The Kier molecular flexibility index (Phi) is 3.08. The summed E-state index contributed by atoms with van der Waals surface area (Å²) in [4.78, 5) is 0. The van der Waals surface area contributed by atoms with Crippen molar-refractivity contribution in [3.8, 4) is 5.75 Å². The van der Waals surface area contributed by atoms with E-state index in [1.807, 2.05) is 13.8 Å². The summed E-state index contributed by atoms with van der Waals surface area (Å²) < 4.78 is 43.6. The van der Waals surface area contributed by atoms with Gasteiger partial charge in [-0.3, -0.25) is 0 Å². The Hall–Kier alpha value is -1.23. The van der Waals surface area contributed by atoms with E-state index in [-0.39, 0.29) is 12.0 Å². The molecule has 1 saturated carbocycles. The van der Waals surface area contributed by atoms with E-state index in [2.05, 4.69) is 0 Å². The molecule has 0 aliphatic heterocycles. The first-order chi connectivity index (χ1) is 8.68. The zero-order valence-electron chi connectivity index (χ0n) is 11.1. The minimum atomic E-state index is -4.39. The summed E-state index contributed by atoms with van der Waals surface area (Å²) in [6.45, 7) is 3.68. The molecule has 0 amide bonds. The summed E-state index contributed by atoms with van der Waals surface area (Å²) in [7, 11) is 1.42. The van der Waals surface area contributed by atoms with Gasteiger partial charge in [0.05, 0.1) is 19.3 Å². The molecule has 19 heavy (non-hydrogen) atoms. The number of aliphatic hydroxyl groups excluding tert-OH is 1. The van der Waals surface area contributed by atoms with Gasteiger partial charge in [-0.05, 0) is 30.0 Å². The highest BCUT2D eigenvalue weighted by Crippen LogP contribution is 2.65. The van der Waals surface area contributed by atoms with Gasteiger partial charge in [0.25, 0.3) is 0 Å². The van der Waals surface area contributed by atoms with Gasteiger partial charge >= 0.3 is 6.18 Å². The van der Waals surface area contributed by atoms with Gasteiger partial charge in [-0.25, -0.2) is 0 Å². The second kappa shape index (κ2) is 4.13. The van der Waals surface area contributed by atoms with Crippen molar-refractivity contribution in [3.63, 3.8) is 0 Å². The van der Waals surface area contributed by atoms with Crippen molar-refractivity contribution in [1.29, 1.82) is 0 Å². The lowest BCUT2D eigenvalue weighted by atomic mass is 9.87. The lowest BCUT2D eigenvalue weighted by molar-refractivity contribution is -0.137. The third-order valence-corrected chi connectivity index (χ3v) is 4.23. The van der Waals surface area contributed by atoms with Crippen LogP contribution < -0.4 is 4.74 Å². The molecule has 1 fully saturated rings. The number of halogens is 3. The van der Waals surface area contributed by atoms with Gasteiger partial charge in [0, 0.05) is 11.0 Å². The molecule has 0 bridgehead atoms. The molecule has 0 spiro atoms. The average Bonchev–Trinajstić information content (AvgIpc) is 2.91. The highest BCUT2D eigenvalue weighted by molar-refractivity contribution is 5.49. The van der Waals surface area contributed by atoms with E-state index in [4.69, 9.17) is 4.74 Å². The largest absolute Gasteiger partial charge is 0.496 e. The smallest absolute Gasteiger partial charge is 0.416 e. The Balaban J connectivity index is 2.56. The monoisotopic (exact) mass is 274 g/mol. The van der Waals surface area contributed by atoms with Gasteiger partial charge in [-0.1, -0.05) is 13.8 Å². The standard InChI is InChI=1S/C14H17F3O2/c1-12(2)7-13(12,8-18)10-6-9(14(15,16)17)4-5-11(10)19-3/h4-6,18H,7-8H2,1-3H3. The van der Waals surface area contributed by atoms with Crippen molar-refractivity contribution >= 4 is 0 Å². The van der Waals surface area contributed by atoms with Crippen LogP contribution >= 0.6 is 0 Å². The topological polar surface area (TPSA) is 29.5 Å². The van der Waals surface area contributed by atoms with E-state index < -0.39 is 17.2 Å². The predicted octanol–water partition coefficient (Wildman–Crippen LogP) is 3.37. The van der Waals surface area contributed by atoms with Crippen LogP contribution in [0.4, 0.5) is 13.2 Å². The second-order valence-corrected chi connectivity index (χ2v) is 5.71. The molecule has 1 atom stereocenters. The number of hydrogen-bond acceptors (Lipinski definition) is 2. The van der Waals surface area contributed by atoms with E-state index in [1.54, 1.807) is 0 Å². The molecule has 5 heteroatoms. The molecule has 2 nitrogen and oxygen atoms in total. The van der Waals surface area contributed by atoms with Crippen LogP contribution in [0.25, 0.3) is 0 Å². The molecule has 0 radical (unpaired) electrons. The zero-order valence-corrected chi connectivity index (χ0v) is 11.1. The minimum Gasteiger partial charge on any atom is -0.496 e. The molecule has 1 unspecified atom stereocenters. The Morgan fingerprint density at radius 2 is 1.89 bits per heavy atom. The number of alkyl halides is 3. The Morgan fingerprint density at radius 3 is 2.26 bits per heavy atom. The van der Waals surface area contributed by atoms with Gasteiger partial charge in [0.2, 0.25) is 0 Å². The maximum atomic E-state index is 12.8. The number of ether oxygens (including phenoxy) is 1. The normalized spacial score (nSPS) is 25.2. The summed E-state index contributed by atoms with van der Waals surface area (Å²) in [5, 5.41) is 9.62. The quantitative estimate of drug-likeness (QED) is 0.915. The highest BCUT2D eigenvalue weighted by atomic mass is 19.4. The van der Waals surface area contributed by atoms with Crippen molar-refractivity contribution in [1.82, 2.24) is 0 Å². The molecule has 2 rings (SSSR count). The minimum absolute atomic E-state index is 0.183. The van der Waals surface area contributed by atoms with Crippen molar-refractivity contribution in [2.24, 2.45) is 5.41 Å². The molecular weight excluding hydrogens is 257 g/mol. The molecule has 1 N–H and O–H groups in total. The molecule has 0 aromatic heterocycles. The Labute approximate surface area is 110 Å². The van der Waals surface area contributed by atoms with Gasteiger partial charge in [0.1, 0.15) is 5.75 Å². The fourth-order valence-corrected chi connectivity index (χ4v) is 2.78. The summed E-state index contributed by atoms with van der Waals surface area (Å²) >= 11 is 0. The SMILES string of the molecule is COc1ccc(C(F)(F)F)cc1C1(CO)CC1(C)C. The number of methoxy groups -OCH3 is 1. The van der Waals surface area contributed by atoms with E-state index in [1.165, 1.54) is 13.2 Å². The van der Waals surface area contributed by atoms with Crippen LogP contribution in [0.5, 0.6) is 5.75 Å². The molecule has 1 aliphatic carbocycles. The van der Waals surface area contributed by atoms with Crippen LogP contribution in [0.15, 0.2) is 18.2 Å². The Morgan fingerprint density at radius 1 is 1.32 bits per heavy atom. The maximum Gasteiger partial charge on any atom is 0.416 e. The number of aliphatic hydroxyl groups is 1. The van der Waals surface area contributed by atoms with E-state index in [0.717, 1.165) is 12.1 Å². The van der Waals surface area contributed by atoms with Gasteiger partial charge in [-0.2, -0.15) is 13.2 Å². The summed E-state index contributed by atoms with van der Waals surface area (Å²) in [5.41, 5.74) is -1.13. The summed E-state index contributed by atoms with van der Waals surface area (Å²) in [6, 6.07) is 3.43. The first kappa shape index (κ1) is 14.2. The lowest BCUT2D eigenvalue weighted by Gasteiger charge is -2.22. The fourth-order valence-electron chi connectivity index (χ4n) is 2.78. The third kappa shape index (κ3) is 2.10. The third-order valence-electron chi connectivity index (χ3n) is 4.23. The molecule has 1 aromatic rings. The Bertz CT molecular complexity index is 494. The molecule has 1 aromatic carbocycles. The van der Waals surface area contributed by atoms with Gasteiger partial charge in [-0.15, -0.1) is 0 Å². The molecular formula is C14H17F3O2. The van der Waals surface area contributed by atoms with Crippen molar-refractivity contribution in [2.75, 3.05) is 13.7 Å². The summed E-state index contributed by atoms with van der Waals surface area (Å²) in [6.07, 6.45) is -3.75. The van der Waals surface area contributed by atoms with Gasteiger partial charge < -0.3 is 9.84 Å². The summed E-state index contributed by atoms with van der Waals surface area (Å²) in [5.74, 6) is 0.396. The van der Waals surface area contributed by atoms with Crippen LogP contribution in [0.2, 0.25) is 0 Å². The lowest BCUT2D eigenvalue weighted by Crippen LogP contribution is -2.21. The first-order valence-corrected chi connectivity index (χ1v) is 6.04. The first-order valence-electron chi connectivity index (χ1n) is 6.04. The highest BCUT2D eigenvalue weighted by Gasteiger charge is 2.62. The molecule has 1 aliphatic rings. The second-order valence-electron chi connectivity index (χ2n) is 5.71. The maximum absolute atomic E-state index is 12.8. The van der Waals surface area contributed by atoms with Crippen LogP contribution in [0, 0.1) is 5.41 Å². The van der Waals surface area contributed by atoms with Crippen LogP contribution in [0.1, 0.15) is 31.4 Å². The van der Waals surface area contributed by atoms with E-state index in [9.17, 15) is 18.3 Å². The van der Waals surface area contributed by atoms with Crippen molar-refractivity contribution in [3.05, 3.63) is 29.3 Å². The molecule has 106 valence electrons. The van der Waals surface area contributed by atoms with Crippen molar-refractivity contribution < 1.29 is 23.0 Å². The number of rotatable bonds is 3. The average molecular weight is 274 g/mol. The van der Waals surface area contributed by atoms with Crippen LogP contribution in [0.3, 0.4) is 0 Å². The van der Waals surface area contributed by atoms with Crippen LogP contribution in [-0.2, 0) is 11.6 Å². The zero-order chi connectivity index (χ0) is 14.5. The predicted molar refractivity (Wildman–Crippen MR) is 65.2 cm³/mol. The van der Waals surface area contributed by atoms with Crippen LogP contribution in [-0.4, -0.2) is 18.8 Å².